The summed E-state index contributed by atoms with van der Waals surface area (Å²) in [4.78, 5) is 24.9. The predicted molar refractivity (Wildman–Crippen MR) is 67.6 cm³/mol. The molecule has 6 nitrogen and oxygen atoms in total. The second-order valence-corrected chi connectivity index (χ2v) is 5.23. The highest BCUT2D eigenvalue weighted by atomic mass is 32.1. The molecule has 1 rings (SSSR count). The summed E-state index contributed by atoms with van der Waals surface area (Å²) in [5.41, 5.74) is 0.592. The van der Waals surface area contributed by atoms with Gasteiger partial charge in [0.25, 0.3) is 5.91 Å². The third-order valence-corrected chi connectivity index (χ3v) is 3.13. The number of amides is 1. The fourth-order valence-corrected chi connectivity index (χ4v) is 2.14. The van der Waals surface area contributed by atoms with E-state index in [1.165, 1.54) is 0 Å². The molecule has 0 unspecified atom stereocenters. The Hall–Kier alpha value is -1.50. The van der Waals surface area contributed by atoms with Gasteiger partial charge in [0.1, 0.15) is 4.88 Å². The summed E-state index contributed by atoms with van der Waals surface area (Å²) in [6.45, 7) is 6.44. The molecule has 0 fully saturated rings. The first-order chi connectivity index (χ1) is 8.41. The molecule has 0 spiro atoms. The Kier molecular flexibility index (Phi) is 5.21. The lowest BCUT2D eigenvalue weighted by molar-refractivity contribution is -0.137. The predicted octanol–water partition coefficient (Wildman–Crippen LogP) is 1.42. The second kappa shape index (κ2) is 6.44. The van der Waals surface area contributed by atoms with E-state index < -0.39 is 5.97 Å². The normalized spacial score (nSPS) is 10.7. The standard InChI is InChI=1S/C11H17N3O3S/c1-7(2)6-14(5-4-9(15)16)11(17)10-8(3)12-13-18-10/h7H,4-6H2,1-3H3,(H,15,16). The Bertz CT molecular complexity index is 431. The van der Waals surface area contributed by atoms with Crippen LogP contribution < -0.4 is 0 Å². The Morgan fingerprint density at radius 3 is 2.56 bits per heavy atom. The number of carbonyl (C=O) groups excluding carboxylic acids is 1. The van der Waals surface area contributed by atoms with Crippen molar-refractivity contribution in [2.45, 2.75) is 27.2 Å². The molecule has 1 heterocycles. The molecule has 1 N–H and O–H groups in total. The molecule has 1 amide bonds. The molecule has 0 aromatic carbocycles. The van der Waals surface area contributed by atoms with Crippen LogP contribution in [0, 0.1) is 12.8 Å². The third-order valence-electron chi connectivity index (χ3n) is 2.31. The number of aryl methyl sites for hydroxylation is 1. The molecule has 7 heteroatoms. The van der Waals surface area contributed by atoms with Gasteiger partial charge >= 0.3 is 5.97 Å². The summed E-state index contributed by atoms with van der Waals surface area (Å²) >= 11 is 1.05. The number of aliphatic carboxylic acids is 1. The number of carboxylic acid groups (broad SMARTS) is 1. The van der Waals surface area contributed by atoms with E-state index in [1.54, 1.807) is 11.8 Å². The molecule has 1 aromatic heterocycles. The molecule has 0 bridgehead atoms. The molecular weight excluding hydrogens is 254 g/mol. The maximum atomic E-state index is 12.2. The molecule has 0 atom stereocenters. The van der Waals surface area contributed by atoms with Gasteiger partial charge in [0.05, 0.1) is 12.1 Å². The molecule has 0 aliphatic rings. The summed E-state index contributed by atoms with van der Waals surface area (Å²) in [6, 6.07) is 0. The number of nitrogens with zero attached hydrogens (tertiary/aromatic N) is 3. The van der Waals surface area contributed by atoms with Crippen LogP contribution in [0.25, 0.3) is 0 Å². The molecule has 0 aliphatic carbocycles. The smallest absolute Gasteiger partial charge is 0.305 e. The van der Waals surface area contributed by atoms with E-state index in [1.807, 2.05) is 13.8 Å². The Labute approximate surface area is 110 Å². The van der Waals surface area contributed by atoms with Crippen LogP contribution in [0.5, 0.6) is 0 Å². The minimum absolute atomic E-state index is 0.0518. The van der Waals surface area contributed by atoms with Gasteiger partial charge in [-0.25, -0.2) is 0 Å². The molecule has 0 saturated carbocycles. The summed E-state index contributed by atoms with van der Waals surface area (Å²) in [5.74, 6) is -0.808. The van der Waals surface area contributed by atoms with Gasteiger partial charge in [-0.1, -0.05) is 18.3 Å². The second-order valence-electron chi connectivity index (χ2n) is 4.48. The Morgan fingerprint density at radius 1 is 1.44 bits per heavy atom. The summed E-state index contributed by atoms with van der Waals surface area (Å²) in [6.07, 6.45) is -0.0518. The molecule has 100 valence electrons. The summed E-state index contributed by atoms with van der Waals surface area (Å²) in [5, 5.41) is 12.5. The van der Waals surface area contributed by atoms with E-state index in [4.69, 9.17) is 5.11 Å². The average molecular weight is 271 g/mol. The zero-order valence-electron chi connectivity index (χ0n) is 10.7. The monoisotopic (exact) mass is 271 g/mol. The van der Waals surface area contributed by atoms with Crippen LogP contribution >= 0.6 is 11.5 Å². The topological polar surface area (TPSA) is 83.4 Å². The van der Waals surface area contributed by atoms with E-state index in [0.717, 1.165) is 11.5 Å². The fraction of sp³-hybridized carbons (Fsp3) is 0.636. The van der Waals surface area contributed by atoms with Crippen molar-refractivity contribution in [3.63, 3.8) is 0 Å². The lowest BCUT2D eigenvalue weighted by Gasteiger charge is -2.23. The van der Waals surface area contributed by atoms with Gasteiger partial charge in [-0.15, -0.1) is 5.10 Å². The van der Waals surface area contributed by atoms with Crippen LogP contribution in [0.15, 0.2) is 0 Å². The zero-order chi connectivity index (χ0) is 13.7. The SMILES string of the molecule is Cc1nnsc1C(=O)N(CCC(=O)O)CC(C)C. The summed E-state index contributed by atoms with van der Waals surface area (Å²) < 4.78 is 3.73. The van der Waals surface area contributed by atoms with Crippen molar-refractivity contribution in [1.29, 1.82) is 0 Å². The van der Waals surface area contributed by atoms with Gasteiger partial charge in [0.15, 0.2) is 0 Å². The molecule has 0 aliphatic heterocycles. The van der Waals surface area contributed by atoms with Crippen LogP contribution in [0.3, 0.4) is 0 Å². The summed E-state index contributed by atoms with van der Waals surface area (Å²) in [7, 11) is 0. The lowest BCUT2D eigenvalue weighted by atomic mass is 10.2. The first kappa shape index (κ1) is 14.6. The van der Waals surface area contributed by atoms with Crippen molar-refractivity contribution in [3.05, 3.63) is 10.6 Å². The van der Waals surface area contributed by atoms with Gasteiger partial charge in [-0.2, -0.15) is 0 Å². The van der Waals surface area contributed by atoms with Crippen LogP contribution in [0.2, 0.25) is 0 Å². The Morgan fingerprint density at radius 2 is 2.11 bits per heavy atom. The van der Waals surface area contributed by atoms with Crippen LogP contribution in [-0.2, 0) is 4.79 Å². The highest BCUT2D eigenvalue weighted by Crippen LogP contribution is 2.14. The van der Waals surface area contributed by atoms with E-state index >= 15 is 0 Å². The molecular formula is C11H17N3O3S. The molecule has 0 saturated heterocycles. The van der Waals surface area contributed by atoms with Crippen molar-refractivity contribution in [1.82, 2.24) is 14.5 Å². The minimum atomic E-state index is -0.907. The largest absolute Gasteiger partial charge is 0.481 e. The highest BCUT2D eigenvalue weighted by Gasteiger charge is 2.21. The number of hydrogen-bond acceptors (Lipinski definition) is 5. The van der Waals surface area contributed by atoms with Gasteiger partial charge in [-0.3, -0.25) is 9.59 Å². The van der Waals surface area contributed by atoms with Crippen LogP contribution in [0.1, 0.15) is 35.6 Å². The Balaban J connectivity index is 2.78. The van der Waals surface area contributed by atoms with E-state index in [2.05, 4.69) is 9.59 Å². The minimum Gasteiger partial charge on any atom is -0.481 e. The maximum absolute atomic E-state index is 12.2. The number of hydrogen-bond donors (Lipinski definition) is 1. The average Bonchev–Trinajstić information content (AvgIpc) is 2.69. The van der Waals surface area contributed by atoms with Crippen LogP contribution in [-0.4, -0.2) is 44.6 Å². The van der Waals surface area contributed by atoms with Crippen LogP contribution in [0.4, 0.5) is 0 Å². The van der Waals surface area contributed by atoms with Gasteiger partial charge < -0.3 is 10.0 Å². The molecule has 0 radical (unpaired) electrons. The fourth-order valence-electron chi connectivity index (χ4n) is 1.52. The van der Waals surface area contributed by atoms with Gasteiger partial charge in [0.2, 0.25) is 0 Å². The van der Waals surface area contributed by atoms with E-state index in [9.17, 15) is 9.59 Å². The maximum Gasteiger partial charge on any atom is 0.305 e. The number of carboxylic acids is 1. The molecule has 1 aromatic rings. The first-order valence-electron chi connectivity index (χ1n) is 5.71. The number of aromatic nitrogens is 2. The number of rotatable bonds is 6. The number of carbonyl (C=O) groups is 2. The van der Waals surface area contributed by atoms with Crippen molar-refractivity contribution in [2.24, 2.45) is 5.92 Å². The van der Waals surface area contributed by atoms with Crippen molar-refractivity contribution >= 4 is 23.4 Å². The van der Waals surface area contributed by atoms with Gasteiger partial charge in [0, 0.05) is 13.1 Å². The van der Waals surface area contributed by atoms with E-state index in [-0.39, 0.29) is 24.8 Å². The van der Waals surface area contributed by atoms with E-state index in [0.29, 0.717) is 17.1 Å². The third kappa shape index (κ3) is 4.06. The highest BCUT2D eigenvalue weighted by molar-refractivity contribution is 7.07. The first-order valence-corrected chi connectivity index (χ1v) is 6.49. The van der Waals surface area contributed by atoms with Gasteiger partial charge in [-0.05, 0) is 24.4 Å². The van der Waals surface area contributed by atoms with Crippen molar-refractivity contribution in [3.8, 4) is 0 Å². The lowest BCUT2D eigenvalue weighted by Crippen LogP contribution is -2.35. The molecule has 18 heavy (non-hydrogen) atoms. The zero-order valence-corrected chi connectivity index (χ0v) is 11.5. The van der Waals surface area contributed by atoms with Crippen molar-refractivity contribution < 1.29 is 14.7 Å². The quantitative estimate of drug-likeness (QED) is 0.846. The van der Waals surface area contributed by atoms with Crippen molar-refractivity contribution in [2.75, 3.05) is 13.1 Å².